The molecule has 0 spiro atoms. The van der Waals surface area contributed by atoms with Crippen molar-refractivity contribution in [2.24, 2.45) is 5.14 Å². The summed E-state index contributed by atoms with van der Waals surface area (Å²) in [6.07, 6.45) is 0. The summed E-state index contributed by atoms with van der Waals surface area (Å²) in [4.78, 5) is 19.7. The van der Waals surface area contributed by atoms with Crippen LogP contribution in [0, 0.1) is 0 Å². The minimum absolute atomic E-state index is 0.0742. The monoisotopic (exact) mass is 360 g/mol. The smallest absolute Gasteiger partial charge is 0.255 e. The third-order valence-corrected chi connectivity index (χ3v) is 4.51. The third-order valence-electron chi connectivity index (χ3n) is 3.60. The fraction of sp³-hybridized carbons (Fsp3) is 0.125. The van der Waals surface area contributed by atoms with E-state index < -0.39 is 15.9 Å². The number of nitrogens with one attached hydrogen (secondary N) is 2. The molecule has 130 valence electrons. The highest BCUT2D eigenvalue weighted by molar-refractivity contribution is 7.89. The first kappa shape index (κ1) is 16.9. The number of sulfonamides is 1. The van der Waals surface area contributed by atoms with Crippen LogP contribution < -0.4 is 15.2 Å². The van der Waals surface area contributed by atoms with E-state index in [1.165, 1.54) is 25.3 Å². The maximum absolute atomic E-state index is 12.4. The number of hydrogen-bond donors (Lipinski definition) is 3. The lowest BCUT2D eigenvalue weighted by Gasteiger charge is -2.10. The zero-order valence-electron chi connectivity index (χ0n) is 13.3. The number of carbonyl (C=O) groups excluding carboxylic acids is 1. The van der Waals surface area contributed by atoms with Crippen LogP contribution in [-0.4, -0.2) is 31.4 Å². The maximum Gasteiger partial charge on any atom is 0.255 e. The van der Waals surface area contributed by atoms with Gasteiger partial charge in [0.2, 0.25) is 10.0 Å². The summed E-state index contributed by atoms with van der Waals surface area (Å²) in [5.41, 5.74) is 1.73. The molecule has 0 saturated heterocycles. The Labute approximate surface area is 144 Å². The number of methoxy groups -OCH3 is 1. The van der Waals surface area contributed by atoms with Gasteiger partial charge in [0.05, 0.1) is 35.1 Å². The quantitative estimate of drug-likeness (QED) is 0.629. The number of para-hydroxylation sites is 2. The molecule has 0 aliphatic rings. The first-order valence-corrected chi connectivity index (χ1v) is 8.86. The summed E-state index contributed by atoms with van der Waals surface area (Å²) >= 11 is 0. The number of aromatic amines is 1. The van der Waals surface area contributed by atoms with Crippen molar-refractivity contribution in [1.29, 1.82) is 0 Å². The summed E-state index contributed by atoms with van der Waals surface area (Å²) in [6.45, 7) is 0.149. The molecule has 25 heavy (non-hydrogen) atoms. The molecule has 0 atom stereocenters. The molecular formula is C16H16N4O4S. The lowest BCUT2D eigenvalue weighted by atomic mass is 10.2. The molecular weight excluding hydrogens is 344 g/mol. The van der Waals surface area contributed by atoms with Crippen LogP contribution in [0.2, 0.25) is 0 Å². The number of benzene rings is 2. The van der Waals surface area contributed by atoms with Gasteiger partial charge in [-0.05, 0) is 30.3 Å². The van der Waals surface area contributed by atoms with Crippen molar-refractivity contribution in [1.82, 2.24) is 15.3 Å². The summed E-state index contributed by atoms with van der Waals surface area (Å²) < 4.78 is 28.1. The third kappa shape index (κ3) is 3.62. The Bertz CT molecular complexity index is 1010. The predicted molar refractivity (Wildman–Crippen MR) is 91.6 cm³/mol. The Morgan fingerprint density at radius 3 is 2.72 bits per heavy atom. The Hall–Kier alpha value is -2.91. The zero-order chi connectivity index (χ0) is 18.0. The molecule has 3 aromatic rings. The SMILES string of the molecule is COc1ccc(S(N)(=O)=O)cc1C(=O)NCc1nc2ccccc2[nH]1. The Morgan fingerprint density at radius 1 is 1.28 bits per heavy atom. The van der Waals surface area contributed by atoms with Crippen molar-refractivity contribution < 1.29 is 17.9 Å². The second-order valence-corrected chi connectivity index (χ2v) is 6.85. The van der Waals surface area contributed by atoms with Crippen molar-refractivity contribution in [2.75, 3.05) is 7.11 Å². The van der Waals surface area contributed by atoms with Gasteiger partial charge in [0, 0.05) is 0 Å². The summed E-state index contributed by atoms with van der Waals surface area (Å²) in [6, 6.07) is 11.3. The molecule has 0 aliphatic carbocycles. The number of hydrogen-bond acceptors (Lipinski definition) is 5. The zero-order valence-corrected chi connectivity index (χ0v) is 14.1. The van der Waals surface area contributed by atoms with Gasteiger partial charge in [-0.1, -0.05) is 12.1 Å². The van der Waals surface area contributed by atoms with Gasteiger partial charge in [0.15, 0.2) is 0 Å². The standard InChI is InChI=1S/C16H16N4O4S/c1-24-14-7-6-10(25(17,22)23)8-11(14)16(21)18-9-15-19-12-4-2-3-5-13(12)20-15/h2-8H,9H2,1H3,(H,18,21)(H,19,20)(H2,17,22,23). The number of nitrogens with zero attached hydrogens (tertiary/aromatic N) is 1. The first-order chi connectivity index (χ1) is 11.9. The molecule has 0 bridgehead atoms. The topological polar surface area (TPSA) is 127 Å². The number of imidazole rings is 1. The molecule has 1 heterocycles. The van der Waals surface area contributed by atoms with E-state index in [0.717, 1.165) is 11.0 Å². The number of rotatable bonds is 5. The molecule has 9 heteroatoms. The number of H-pyrrole nitrogens is 1. The van der Waals surface area contributed by atoms with Crippen LogP contribution in [-0.2, 0) is 16.6 Å². The second kappa shape index (κ2) is 6.54. The molecule has 3 rings (SSSR count). The number of amides is 1. The number of nitrogens with two attached hydrogens (primary N) is 1. The minimum atomic E-state index is -3.92. The highest BCUT2D eigenvalue weighted by Gasteiger charge is 2.17. The van der Waals surface area contributed by atoms with E-state index >= 15 is 0 Å². The molecule has 0 fully saturated rings. The van der Waals surface area contributed by atoms with Crippen molar-refractivity contribution in [3.05, 3.63) is 53.9 Å². The highest BCUT2D eigenvalue weighted by atomic mass is 32.2. The second-order valence-electron chi connectivity index (χ2n) is 5.29. The molecule has 2 aromatic carbocycles. The van der Waals surface area contributed by atoms with Crippen LogP contribution >= 0.6 is 0 Å². The Kier molecular flexibility index (Phi) is 4.43. The van der Waals surface area contributed by atoms with Crippen molar-refractivity contribution in [3.63, 3.8) is 0 Å². The fourth-order valence-electron chi connectivity index (χ4n) is 2.39. The van der Waals surface area contributed by atoms with E-state index in [1.807, 2.05) is 24.3 Å². The summed E-state index contributed by atoms with van der Waals surface area (Å²) in [7, 11) is -2.53. The number of aromatic nitrogens is 2. The van der Waals surface area contributed by atoms with E-state index in [0.29, 0.717) is 5.82 Å². The van der Waals surface area contributed by atoms with Gasteiger partial charge in [-0.3, -0.25) is 4.79 Å². The lowest BCUT2D eigenvalue weighted by molar-refractivity contribution is 0.0946. The molecule has 4 N–H and O–H groups in total. The van der Waals surface area contributed by atoms with E-state index in [2.05, 4.69) is 15.3 Å². The van der Waals surface area contributed by atoms with E-state index in [4.69, 9.17) is 9.88 Å². The lowest BCUT2D eigenvalue weighted by Crippen LogP contribution is -2.24. The molecule has 0 saturated carbocycles. The van der Waals surface area contributed by atoms with Crippen molar-refractivity contribution in [2.45, 2.75) is 11.4 Å². The van der Waals surface area contributed by atoms with Gasteiger partial charge in [-0.25, -0.2) is 18.5 Å². The molecule has 0 aliphatic heterocycles. The van der Waals surface area contributed by atoms with Crippen LogP contribution in [0.15, 0.2) is 47.4 Å². The van der Waals surface area contributed by atoms with Crippen LogP contribution in [0.5, 0.6) is 5.75 Å². The predicted octanol–water partition coefficient (Wildman–Crippen LogP) is 1.15. The van der Waals surface area contributed by atoms with Crippen LogP contribution in [0.25, 0.3) is 11.0 Å². The number of carbonyl (C=O) groups is 1. The Morgan fingerprint density at radius 2 is 2.04 bits per heavy atom. The van der Waals surface area contributed by atoms with E-state index in [-0.39, 0.29) is 22.8 Å². The summed E-state index contributed by atoms with van der Waals surface area (Å²) in [5.74, 6) is 0.327. The van der Waals surface area contributed by atoms with Gasteiger partial charge in [-0.2, -0.15) is 0 Å². The maximum atomic E-state index is 12.4. The van der Waals surface area contributed by atoms with Gasteiger partial charge in [-0.15, -0.1) is 0 Å². The molecule has 1 aromatic heterocycles. The summed E-state index contributed by atoms with van der Waals surface area (Å²) in [5, 5.41) is 7.79. The average Bonchev–Trinajstić information content (AvgIpc) is 3.01. The highest BCUT2D eigenvalue weighted by Crippen LogP contribution is 2.22. The van der Waals surface area contributed by atoms with Crippen LogP contribution in [0.3, 0.4) is 0 Å². The number of ether oxygens (including phenoxy) is 1. The van der Waals surface area contributed by atoms with Gasteiger partial charge < -0.3 is 15.0 Å². The number of primary sulfonamides is 1. The average molecular weight is 360 g/mol. The van der Waals surface area contributed by atoms with Crippen molar-refractivity contribution >= 4 is 27.0 Å². The van der Waals surface area contributed by atoms with Crippen molar-refractivity contribution in [3.8, 4) is 5.75 Å². The van der Waals surface area contributed by atoms with Gasteiger partial charge in [0.25, 0.3) is 5.91 Å². The van der Waals surface area contributed by atoms with Gasteiger partial charge >= 0.3 is 0 Å². The number of fused-ring (bicyclic) bond motifs is 1. The minimum Gasteiger partial charge on any atom is -0.496 e. The van der Waals surface area contributed by atoms with Crippen LogP contribution in [0.1, 0.15) is 16.2 Å². The molecule has 0 unspecified atom stereocenters. The van der Waals surface area contributed by atoms with E-state index in [9.17, 15) is 13.2 Å². The van der Waals surface area contributed by atoms with E-state index in [1.54, 1.807) is 0 Å². The largest absolute Gasteiger partial charge is 0.496 e. The first-order valence-electron chi connectivity index (χ1n) is 7.31. The molecule has 1 amide bonds. The molecule has 0 radical (unpaired) electrons. The van der Waals surface area contributed by atoms with Gasteiger partial charge in [0.1, 0.15) is 11.6 Å². The normalized spacial score (nSPS) is 11.4. The molecule has 8 nitrogen and oxygen atoms in total. The Balaban J connectivity index is 1.82. The van der Waals surface area contributed by atoms with Crippen LogP contribution in [0.4, 0.5) is 0 Å². The fourth-order valence-corrected chi connectivity index (χ4v) is 2.93.